The van der Waals surface area contributed by atoms with E-state index in [1.54, 1.807) is 16.3 Å². The number of anilines is 1. The standard InChI is InChI=1S/C25H27N5O2/c1-16(2)18-10-12-19(13-11-18)26-22(31)15-14-21-25(32)29(4)24-23(27-21)17(3)28-30(24)20-8-6-5-7-9-20/h5-13,16H,14-15H2,1-4H3,(H,26,31). The smallest absolute Gasteiger partial charge is 0.273 e. The topological polar surface area (TPSA) is 81.8 Å². The summed E-state index contributed by atoms with van der Waals surface area (Å²) < 4.78 is 3.30. The minimum absolute atomic E-state index is 0.150. The fraction of sp³-hybridized carbons (Fsp3) is 0.280. The molecule has 164 valence electrons. The number of aryl methyl sites for hydroxylation is 3. The molecule has 0 aliphatic rings. The predicted octanol–water partition coefficient (Wildman–Crippen LogP) is 4.12. The van der Waals surface area contributed by atoms with Gasteiger partial charge in [0.25, 0.3) is 5.56 Å². The van der Waals surface area contributed by atoms with Crippen LogP contribution in [0.3, 0.4) is 0 Å². The van der Waals surface area contributed by atoms with E-state index in [1.165, 1.54) is 5.56 Å². The number of nitrogens with one attached hydrogen (secondary N) is 1. The Morgan fingerprint density at radius 3 is 2.41 bits per heavy atom. The van der Waals surface area contributed by atoms with Gasteiger partial charge in [-0.2, -0.15) is 5.10 Å². The molecule has 1 amide bonds. The van der Waals surface area contributed by atoms with E-state index in [0.29, 0.717) is 22.8 Å². The summed E-state index contributed by atoms with van der Waals surface area (Å²) >= 11 is 0. The molecule has 7 nitrogen and oxygen atoms in total. The lowest BCUT2D eigenvalue weighted by atomic mass is 10.0. The van der Waals surface area contributed by atoms with Gasteiger partial charge in [0.1, 0.15) is 11.2 Å². The van der Waals surface area contributed by atoms with Crippen molar-refractivity contribution in [1.29, 1.82) is 0 Å². The van der Waals surface area contributed by atoms with Crippen LogP contribution in [-0.2, 0) is 18.3 Å². The van der Waals surface area contributed by atoms with Crippen LogP contribution in [-0.4, -0.2) is 25.2 Å². The van der Waals surface area contributed by atoms with Gasteiger partial charge in [-0.1, -0.05) is 44.2 Å². The van der Waals surface area contributed by atoms with Crippen molar-refractivity contribution in [2.24, 2.45) is 7.05 Å². The highest BCUT2D eigenvalue weighted by Crippen LogP contribution is 2.20. The van der Waals surface area contributed by atoms with Crippen LogP contribution >= 0.6 is 0 Å². The molecule has 0 bridgehead atoms. The highest BCUT2D eigenvalue weighted by Gasteiger charge is 2.18. The van der Waals surface area contributed by atoms with E-state index in [9.17, 15) is 9.59 Å². The molecule has 0 aliphatic carbocycles. The van der Waals surface area contributed by atoms with E-state index in [2.05, 4.69) is 29.2 Å². The molecular formula is C25H27N5O2. The number of rotatable bonds is 6. The molecule has 2 aromatic carbocycles. The van der Waals surface area contributed by atoms with Crippen molar-refractivity contribution in [3.63, 3.8) is 0 Å². The zero-order valence-electron chi connectivity index (χ0n) is 18.8. The van der Waals surface area contributed by atoms with Crippen LogP contribution in [0.15, 0.2) is 59.4 Å². The largest absolute Gasteiger partial charge is 0.326 e. The average Bonchev–Trinajstić information content (AvgIpc) is 3.12. The van der Waals surface area contributed by atoms with Gasteiger partial charge in [0.05, 0.1) is 11.4 Å². The monoisotopic (exact) mass is 429 g/mol. The maximum absolute atomic E-state index is 13.0. The number of carbonyl (C=O) groups excluding carboxylic acids is 1. The van der Waals surface area contributed by atoms with Crippen LogP contribution in [0.25, 0.3) is 16.9 Å². The van der Waals surface area contributed by atoms with Gasteiger partial charge in [0.15, 0.2) is 5.65 Å². The summed E-state index contributed by atoms with van der Waals surface area (Å²) in [6.45, 7) is 6.13. The van der Waals surface area contributed by atoms with Gasteiger partial charge in [-0.05, 0) is 42.7 Å². The summed E-state index contributed by atoms with van der Waals surface area (Å²) in [5, 5.41) is 7.48. The predicted molar refractivity (Wildman–Crippen MR) is 126 cm³/mol. The Morgan fingerprint density at radius 1 is 1.06 bits per heavy atom. The van der Waals surface area contributed by atoms with Crippen LogP contribution in [0.2, 0.25) is 0 Å². The van der Waals surface area contributed by atoms with Crippen LogP contribution < -0.4 is 10.9 Å². The van der Waals surface area contributed by atoms with Gasteiger partial charge in [-0.15, -0.1) is 0 Å². The Bertz CT molecular complexity index is 1320. The van der Waals surface area contributed by atoms with Crippen molar-refractivity contribution in [1.82, 2.24) is 19.3 Å². The zero-order valence-corrected chi connectivity index (χ0v) is 18.8. The van der Waals surface area contributed by atoms with Gasteiger partial charge < -0.3 is 5.32 Å². The molecule has 2 heterocycles. The summed E-state index contributed by atoms with van der Waals surface area (Å²) in [7, 11) is 1.72. The number of para-hydroxylation sites is 1. The van der Waals surface area contributed by atoms with E-state index < -0.39 is 0 Å². The Kier molecular flexibility index (Phi) is 5.90. The van der Waals surface area contributed by atoms with Crippen LogP contribution in [0.5, 0.6) is 0 Å². The molecule has 0 saturated heterocycles. The highest BCUT2D eigenvalue weighted by atomic mass is 16.1. The third-order valence-electron chi connectivity index (χ3n) is 5.57. The van der Waals surface area contributed by atoms with Crippen LogP contribution in [0, 0.1) is 6.92 Å². The molecule has 2 aromatic heterocycles. The Hall–Kier alpha value is -3.74. The van der Waals surface area contributed by atoms with Crippen molar-refractivity contribution in [3.8, 4) is 5.69 Å². The highest BCUT2D eigenvalue weighted by molar-refractivity contribution is 5.90. The quantitative estimate of drug-likeness (QED) is 0.500. The van der Waals surface area contributed by atoms with Gasteiger partial charge in [-0.25, -0.2) is 9.67 Å². The summed E-state index contributed by atoms with van der Waals surface area (Å²) in [5.41, 5.74) is 5.00. The normalized spacial score (nSPS) is 11.3. The van der Waals surface area contributed by atoms with Gasteiger partial charge in [-0.3, -0.25) is 14.2 Å². The molecule has 0 aliphatic heterocycles. The Balaban J connectivity index is 1.55. The molecule has 0 fully saturated rings. The maximum atomic E-state index is 13.0. The number of aromatic nitrogens is 4. The van der Waals surface area contributed by atoms with E-state index in [4.69, 9.17) is 0 Å². The molecule has 0 radical (unpaired) electrons. The third kappa shape index (κ3) is 4.19. The molecule has 4 rings (SSSR count). The molecule has 1 N–H and O–H groups in total. The molecule has 4 aromatic rings. The second-order valence-electron chi connectivity index (χ2n) is 8.25. The van der Waals surface area contributed by atoms with Crippen molar-refractivity contribution in [2.75, 3.05) is 5.32 Å². The second-order valence-corrected chi connectivity index (χ2v) is 8.25. The summed E-state index contributed by atoms with van der Waals surface area (Å²) in [6, 6.07) is 17.5. The van der Waals surface area contributed by atoms with Crippen LogP contribution in [0.4, 0.5) is 5.69 Å². The lowest BCUT2D eigenvalue weighted by Crippen LogP contribution is -2.25. The van der Waals surface area contributed by atoms with Gasteiger partial charge >= 0.3 is 0 Å². The Labute approximate surface area is 186 Å². The zero-order chi connectivity index (χ0) is 22.8. The van der Waals surface area contributed by atoms with Crippen molar-refractivity contribution < 1.29 is 4.79 Å². The average molecular weight is 430 g/mol. The fourth-order valence-corrected chi connectivity index (χ4v) is 3.73. The summed E-state index contributed by atoms with van der Waals surface area (Å²) in [4.78, 5) is 30.0. The van der Waals surface area contributed by atoms with E-state index >= 15 is 0 Å². The number of amides is 1. The molecular weight excluding hydrogens is 402 g/mol. The summed E-state index contributed by atoms with van der Waals surface area (Å²) in [5.74, 6) is 0.287. The molecule has 0 unspecified atom stereocenters. The second kappa shape index (κ2) is 8.78. The van der Waals surface area contributed by atoms with Gasteiger partial charge in [0, 0.05) is 25.6 Å². The van der Waals surface area contributed by atoms with Crippen molar-refractivity contribution in [2.45, 2.75) is 39.5 Å². The first-order valence-corrected chi connectivity index (χ1v) is 10.8. The fourth-order valence-electron chi connectivity index (χ4n) is 3.73. The molecule has 0 atom stereocenters. The van der Waals surface area contributed by atoms with E-state index in [0.717, 1.165) is 17.1 Å². The first kappa shape index (κ1) is 21.5. The lowest BCUT2D eigenvalue weighted by Gasteiger charge is -2.10. The molecule has 0 saturated carbocycles. The van der Waals surface area contributed by atoms with Crippen molar-refractivity contribution in [3.05, 3.63) is 81.9 Å². The SMILES string of the molecule is Cc1nn(-c2ccccc2)c2c1nc(CCC(=O)Nc1ccc(C(C)C)cc1)c(=O)n2C. The van der Waals surface area contributed by atoms with Crippen molar-refractivity contribution >= 4 is 22.8 Å². The Morgan fingerprint density at radius 2 is 1.75 bits per heavy atom. The third-order valence-corrected chi connectivity index (χ3v) is 5.57. The van der Waals surface area contributed by atoms with E-state index in [-0.39, 0.29) is 24.3 Å². The minimum Gasteiger partial charge on any atom is -0.326 e. The summed E-state index contributed by atoms with van der Waals surface area (Å²) in [6.07, 6.45) is 0.431. The van der Waals surface area contributed by atoms with Gasteiger partial charge in [0.2, 0.25) is 5.91 Å². The van der Waals surface area contributed by atoms with Crippen LogP contribution in [0.1, 0.15) is 43.1 Å². The number of fused-ring (bicyclic) bond motifs is 1. The number of carbonyl (C=O) groups is 1. The molecule has 32 heavy (non-hydrogen) atoms. The number of hydrogen-bond acceptors (Lipinski definition) is 4. The number of nitrogens with zero attached hydrogens (tertiary/aromatic N) is 4. The van der Waals surface area contributed by atoms with E-state index in [1.807, 2.05) is 61.5 Å². The number of hydrogen-bond donors (Lipinski definition) is 1. The first-order valence-electron chi connectivity index (χ1n) is 10.8. The lowest BCUT2D eigenvalue weighted by molar-refractivity contribution is -0.116. The molecule has 0 spiro atoms. The number of benzene rings is 2. The first-order chi connectivity index (χ1) is 15.3. The maximum Gasteiger partial charge on any atom is 0.273 e. The molecule has 7 heteroatoms. The minimum atomic E-state index is -0.219.